The van der Waals surface area contributed by atoms with Crippen molar-refractivity contribution in [3.8, 4) is 0 Å². The smallest absolute Gasteiger partial charge is 0.244 e. The van der Waals surface area contributed by atoms with E-state index in [2.05, 4.69) is 9.82 Å². The van der Waals surface area contributed by atoms with Crippen LogP contribution in [0.1, 0.15) is 31.7 Å². The number of nitrogens with one attached hydrogen (secondary N) is 1. The summed E-state index contributed by atoms with van der Waals surface area (Å²) in [5.74, 6) is -0.227. The van der Waals surface area contributed by atoms with Crippen molar-refractivity contribution in [1.82, 2.24) is 19.4 Å². The van der Waals surface area contributed by atoms with Gasteiger partial charge in [-0.3, -0.25) is 9.48 Å². The summed E-state index contributed by atoms with van der Waals surface area (Å²) >= 11 is 0. The SMILES string of the molecule is Cc1nn(C)c(C)c1S(=O)(=O)NC(C)C(=O)N1CCC(C)(CN)C1. The van der Waals surface area contributed by atoms with Crippen molar-refractivity contribution >= 4 is 15.9 Å². The Hall–Kier alpha value is -1.45. The fourth-order valence-corrected chi connectivity index (χ4v) is 4.77. The molecule has 1 aliphatic heterocycles. The second-order valence-electron chi connectivity index (χ2n) is 6.99. The van der Waals surface area contributed by atoms with Crippen LogP contribution in [0.3, 0.4) is 0 Å². The molecule has 136 valence electrons. The van der Waals surface area contributed by atoms with Crippen molar-refractivity contribution in [3.05, 3.63) is 11.4 Å². The fourth-order valence-electron chi connectivity index (χ4n) is 3.14. The number of nitrogens with zero attached hydrogens (tertiary/aromatic N) is 3. The van der Waals surface area contributed by atoms with Crippen LogP contribution in [0.15, 0.2) is 4.90 Å². The molecule has 1 aromatic heterocycles. The highest BCUT2D eigenvalue weighted by Crippen LogP contribution is 2.29. The van der Waals surface area contributed by atoms with Gasteiger partial charge in [0.05, 0.1) is 17.4 Å². The number of aryl methyl sites for hydroxylation is 2. The normalized spacial score (nSPS) is 22.8. The maximum atomic E-state index is 12.6. The first kappa shape index (κ1) is 18.9. The number of aromatic nitrogens is 2. The van der Waals surface area contributed by atoms with E-state index in [1.165, 1.54) is 4.68 Å². The molecule has 8 nitrogen and oxygen atoms in total. The van der Waals surface area contributed by atoms with E-state index in [0.29, 0.717) is 31.0 Å². The Morgan fingerprint density at radius 3 is 2.54 bits per heavy atom. The second kappa shape index (κ2) is 6.45. The van der Waals surface area contributed by atoms with E-state index < -0.39 is 16.1 Å². The summed E-state index contributed by atoms with van der Waals surface area (Å²) in [6.45, 7) is 8.60. The van der Waals surface area contributed by atoms with Crippen LogP contribution in [0.5, 0.6) is 0 Å². The van der Waals surface area contributed by atoms with Crippen molar-refractivity contribution < 1.29 is 13.2 Å². The molecule has 24 heavy (non-hydrogen) atoms. The summed E-state index contributed by atoms with van der Waals surface area (Å²) in [5, 5.41) is 4.12. The van der Waals surface area contributed by atoms with Crippen molar-refractivity contribution in [2.75, 3.05) is 19.6 Å². The topological polar surface area (TPSA) is 110 Å². The third-order valence-corrected chi connectivity index (χ3v) is 6.57. The second-order valence-corrected chi connectivity index (χ2v) is 8.64. The summed E-state index contributed by atoms with van der Waals surface area (Å²) in [7, 11) is -2.13. The van der Waals surface area contributed by atoms with Gasteiger partial charge in [-0.15, -0.1) is 0 Å². The largest absolute Gasteiger partial charge is 0.341 e. The van der Waals surface area contributed by atoms with Gasteiger partial charge in [0.1, 0.15) is 4.90 Å². The average Bonchev–Trinajstić information content (AvgIpc) is 2.99. The molecular weight excluding hydrogens is 330 g/mol. The van der Waals surface area contributed by atoms with Gasteiger partial charge < -0.3 is 10.6 Å². The summed E-state index contributed by atoms with van der Waals surface area (Å²) in [6, 6.07) is -0.839. The van der Waals surface area contributed by atoms with Gasteiger partial charge >= 0.3 is 0 Å². The molecule has 1 amide bonds. The first-order valence-corrected chi connectivity index (χ1v) is 9.50. The summed E-state index contributed by atoms with van der Waals surface area (Å²) in [6.07, 6.45) is 0.829. The molecule has 0 radical (unpaired) electrons. The maximum Gasteiger partial charge on any atom is 0.244 e. The number of likely N-dealkylation sites (tertiary alicyclic amines) is 1. The predicted octanol–water partition coefficient (Wildman–Crippen LogP) is -0.0990. The number of hydrogen-bond donors (Lipinski definition) is 2. The maximum absolute atomic E-state index is 12.6. The zero-order valence-electron chi connectivity index (χ0n) is 15.0. The van der Waals surface area contributed by atoms with E-state index >= 15 is 0 Å². The van der Waals surface area contributed by atoms with E-state index in [1.807, 2.05) is 6.92 Å². The van der Waals surface area contributed by atoms with Gasteiger partial charge in [0, 0.05) is 20.1 Å². The number of nitrogens with two attached hydrogens (primary N) is 1. The molecule has 9 heteroatoms. The molecular formula is C15H27N5O3S. The molecule has 0 bridgehead atoms. The minimum atomic E-state index is -3.81. The van der Waals surface area contributed by atoms with Crippen LogP contribution in [0, 0.1) is 19.3 Å². The van der Waals surface area contributed by atoms with Crippen LogP contribution < -0.4 is 10.5 Å². The summed E-state index contributed by atoms with van der Waals surface area (Å²) in [4.78, 5) is 14.4. The quantitative estimate of drug-likeness (QED) is 0.765. The van der Waals surface area contributed by atoms with Crippen LogP contribution in [0.4, 0.5) is 0 Å². The van der Waals surface area contributed by atoms with E-state index in [-0.39, 0.29) is 16.2 Å². The first-order valence-electron chi connectivity index (χ1n) is 8.02. The summed E-state index contributed by atoms with van der Waals surface area (Å²) in [5.41, 5.74) is 6.62. The number of hydrogen-bond acceptors (Lipinski definition) is 5. The molecule has 1 aromatic rings. The Kier molecular flexibility index (Phi) is 5.08. The number of sulfonamides is 1. The van der Waals surface area contributed by atoms with Gasteiger partial charge in [-0.05, 0) is 39.2 Å². The zero-order chi connectivity index (χ0) is 18.3. The summed E-state index contributed by atoms with van der Waals surface area (Å²) < 4.78 is 29.3. The first-order chi connectivity index (χ1) is 11.0. The van der Waals surface area contributed by atoms with Crippen molar-refractivity contribution in [1.29, 1.82) is 0 Å². The lowest BCUT2D eigenvalue weighted by atomic mass is 9.90. The van der Waals surface area contributed by atoms with Gasteiger partial charge in [0.2, 0.25) is 15.9 Å². The van der Waals surface area contributed by atoms with Gasteiger partial charge in [-0.1, -0.05) is 6.92 Å². The van der Waals surface area contributed by atoms with Gasteiger partial charge in [-0.25, -0.2) is 8.42 Å². The van der Waals surface area contributed by atoms with Crippen LogP contribution in [-0.4, -0.2) is 54.7 Å². The number of carbonyl (C=O) groups is 1. The lowest BCUT2D eigenvalue weighted by Gasteiger charge is -2.25. The molecule has 0 aromatic carbocycles. The zero-order valence-corrected chi connectivity index (χ0v) is 15.8. The number of rotatable bonds is 5. The Labute approximate surface area is 143 Å². The van der Waals surface area contributed by atoms with E-state index in [4.69, 9.17) is 5.73 Å². The minimum absolute atomic E-state index is 0.0925. The van der Waals surface area contributed by atoms with Crippen LogP contribution >= 0.6 is 0 Å². The Morgan fingerprint density at radius 2 is 2.08 bits per heavy atom. The van der Waals surface area contributed by atoms with Crippen molar-refractivity contribution in [2.24, 2.45) is 18.2 Å². The highest BCUT2D eigenvalue weighted by Gasteiger charge is 2.37. The molecule has 1 fully saturated rings. The van der Waals surface area contributed by atoms with Crippen molar-refractivity contribution in [3.63, 3.8) is 0 Å². The highest BCUT2D eigenvalue weighted by molar-refractivity contribution is 7.89. The molecule has 2 heterocycles. The van der Waals surface area contributed by atoms with Gasteiger partial charge in [-0.2, -0.15) is 9.82 Å². The molecule has 2 atom stereocenters. The molecule has 0 aliphatic carbocycles. The predicted molar refractivity (Wildman–Crippen MR) is 90.8 cm³/mol. The van der Waals surface area contributed by atoms with Crippen LogP contribution in [-0.2, 0) is 21.9 Å². The van der Waals surface area contributed by atoms with E-state index in [9.17, 15) is 13.2 Å². The lowest BCUT2D eigenvalue weighted by Crippen LogP contribution is -2.47. The standard InChI is InChI=1S/C15H27N5O3S/c1-10-13(12(3)19(5)17-10)24(22,23)18-11(2)14(21)20-7-6-15(4,8-16)9-20/h11,18H,6-9,16H2,1-5H3. The third-order valence-electron chi connectivity index (χ3n) is 4.78. The number of carbonyl (C=O) groups excluding carboxylic acids is 1. The fraction of sp³-hybridized carbons (Fsp3) is 0.733. The van der Waals surface area contributed by atoms with Crippen LogP contribution in [0.25, 0.3) is 0 Å². The molecule has 2 rings (SSSR count). The third kappa shape index (κ3) is 3.47. The van der Waals surface area contributed by atoms with E-state index in [1.54, 1.807) is 32.7 Å². The molecule has 1 saturated heterocycles. The van der Waals surface area contributed by atoms with E-state index in [0.717, 1.165) is 6.42 Å². The highest BCUT2D eigenvalue weighted by atomic mass is 32.2. The Balaban J connectivity index is 2.14. The molecule has 2 unspecified atom stereocenters. The number of amides is 1. The Morgan fingerprint density at radius 1 is 1.46 bits per heavy atom. The molecule has 0 spiro atoms. The average molecular weight is 357 g/mol. The minimum Gasteiger partial charge on any atom is -0.341 e. The van der Waals surface area contributed by atoms with Gasteiger partial charge in [0.15, 0.2) is 0 Å². The molecule has 0 saturated carbocycles. The van der Waals surface area contributed by atoms with Gasteiger partial charge in [0.25, 0.3) is 0 Å². The lowest BCUT2D eigenvalue weighted by molar-refractivity contribution is -0.131. The van der Waals surface area contributed by atoms with Crippen LogP contribution in [0.2, 0.25) is 0 Å². The Bertz CT molecular complexity index is 743. The monoisotopic (exact) mass is 357 g/mol. The van der Waals surface area contributed by atoms with Crippen molar-refractivity contribution in [2.45, 2.75) is 45.1 Å². The molecule has 1 aliphatic rings. The molecule has 3 N–H and O–H groups in total.